The first-order valence-corrected chi connectivity index (χ1v) is 14.6. The molecule has 0 aliphatic heterocycles. The number of rotatable bonds is 11. The number of benzene rings is 4. The number of H-pyrrole nitrogens is 1. The molecule has 218 valence electrons. The smallest absolute Gasteiger partial charge is 0.255 e. The summed E-state index contributed by atoms with van der Waals surface area (Å²) in [5, 5.41) is 8.73. The highest BCUT2D eigenvalue weighted by Crippen LogP contribution is 2.24. The SMILES string of the molecule is NC(N)=NCCCC(=O)[C@H](Cc1c[nH]c2ccccc12)NC(=O)c1cc(Br)ccc1NC(=O)c1ccc2ccccc2c1. The molecule has 0 bridgehead atoms. The summed E-state index contributed by atoms with van der Waals surface area (Å²) in [4.78, 5) is 47.6. The van der Waals surface area contributed by atoms with E-state index >= 15 is 0 Å². The van der Waals surface area contributed by atoms with Crippen molar-refractivity contribution in [3.8, 4) is 0 Å². The van der Waals surface area contributed by atoms with Crippen molar-refractivity contribution in [3.05, 3.63) is 112 Å². The number of amides is 2. The van der Waals surface area contributed by atoms with Gasteiger partial charge in [0.05, 0.1) is 17.3 Å². The fraction of sp³-hybridized carbons (Fsp3) is 0.152. The zero-order valence-corrected chi connectivity index (χ0v) is 24.9. The van der Waals surface area contributed by atoms with Crippen LogP contribution >= 0.6 is 15.9 Å². The lowest BCUT2D eigenvalue weighted by Crippen LogP contribution is -2.42. The standard InChI is InChI=1S/C33H31BrN6O3/c34-24-13-14-28(39-31(42)22-12-11-20-6-1-2-7-21(20)16-22)26(18-24)32(43)40-29(30(41)10-5-15-37-33(35)36)17-23-19-38-27-9-4-3-8-25(23)27/h1-4,6-9,11-14,16,18-19,29,38H,5,10,15,17H2,(H,39,42)(H,40,43)(H4,35,36,37)/t29-/m0/s1. The Kier molecular flexibility index (Phi) is 9.17. The molecule has 1 atom stereocenters. The van der Waals surface area contributed by atoms with Crippen LogP contribution in [0, 0.1) is 0 Å². The van der Waals surface area contributed by atoms with Gasteiger partial charge in [-0.3, -0.25) is 19.4 Å². The molecule has 0 radical (unpaired) electrons. The van der Waals surface area contributed by atoms with Crippen molar-refractivity contribution in [1.82, 2.24) is 10.3 Å². The lowest BCUT2D eigenvalue weighted by Gasteiger charge is -2.19. The average Bonchev–Trinajstić information content (AvgIpc) is 3.42. The minimum absolute atomic E-state index is 0.0379. The molecule has 9 nitrogen and oxygen atoms in total. The molecule has 7 N–H and O–H groups in total. The summed E-state index contributed by atoms with van der Waals surface area (Å²) < 4.78 is 0.651. The second kappa shape index (κ2) is 13.3. The van der Waals surface area contributed by atoms with Gasteiger partial charge in [0.1, 0.15) is 0 Å². The van der Waals surface area contributed by atoms with Gasteiger partial charge in [-0.05, 0) is 59.2 Å². The molecule has 0 aliphatic carbocycles. The fourth-order valence-electron chi connectivity index (χ4n) is 4.98. The second-order valence-electron chi connectivity index (χ2n) is 10.2. The van der Waals surface area contributed by atoms with Crippen molar-refractivity contribution in [1.29, 1.82) is 0 Å². The molecule has 5 aromatic rings. The molecule has 1 aromatic heterocycles. The number of para-hydroxylation sites is 1. The van der Waals surface area contributed by atoms with Crippen LogP contribution in [0.4, 0.5) is 5.69 Å². The van der Waals surface area contributed by atoms with E-state index in [0.29, 0.717) is 28.7 Å². The highest BCUT2D eigenvalue weighted by atomic mass is 79.9. The van der Waals surface area contributed by atoms with Gasteiger partial charge >= 0.3 is 0 Å². The van der Waals surface area contributed by atoms with Gasteiger partial charge < -0.3 is 27.1 Å². The maximum atomic E-state index is 13.7. The van der Waals surface area contributed by atoms with E-state index in [0.717, 1.165) is 27.2 Å². The van der Waals surface area contributed by atoms with E-state index in [2.05, 4.69) is 36.5 Å². The van der Waals surface area contributed by atoms with Crippen LogP contribution in [0.15, 0.2) is 101 Å². The maximum Gasteiger partial charge on any atom is 0.255 e. The molecule has 0 saturated heterocycles. The largest absolute Gasteiger partial charge is 0.370 e. The number of ketones is 1. The Balaban J connectivity index is 1.38. The number of fused-ring (bicyclic) bond motifs is 2. The molecule has 4 aromatic carbocycles. The van der Waals surface area contributed by atoms with Gasteiger partial charge in [-0.15, -0.1) is 0 Å². The van der Waals surface area contributed by atoms with Crippen LogP contribution in [-0.2, 0) is 11.2 Å². The van der Waals surface area contributed by atoms with E-state index in [4.69, 9.17) is 11.5 Å². The van der Waals surface area contributed by atoms with Crippen LogP contribution in [0.1, 0.15) is 39.1 Å². The van der Waals surface area contributed by atoms with Gasteiger partial charge in [-0.2, -0.15) is 0 Å². The summed E-state index contributed by atoms with van der Waals surface area (Å²) in [7, 11) is 0. The number of aromatic amines is 1. The summed E-state index contributed by atoms with van der Waals surface area (Å²) in [5.41, 5.74) is 13.7. The molecule has 2 amide bonds. The molecule has 5 rings (SSSR count). The highest BCUT2D eigenvalue weighted by Gasteiger charge is 2.25. The molecule has 0 unspecified atom stereocenters. The number of hydrogen-bond acceptors (Lipinski definition) is 4. The predicted molar refractivity (Wildman–Crippen MR) is 174 cm³/mol. The highest BCUT2D eigenvalue weighted by molar-refractivity contribution is 9.10. The molecule has 1 heterocycles. The molecular formula is C33H31BrN6O3. The van der Waals surface area contributed by atoms with Crippen LogP contribution in [0.2, 0.25) is 0 Å². The van der Waals surface area contributed by atoms with Gasteiger partial charge in [0.25, 0.3) is 11.8 Å². The lowest BCUT2D eigenvalue weighted by atomic mass is 9.98. The Bertz CT molecular complexity index is 1840. The topological polar surface area (TPSA) is 155 Å². The quantitative estimate of drug-likeness (QED) is 0.0754. The Labute approximate surface area is 256 Å². The Morgan fingerprint density at radius 2 is 1.65 bits per heavy atom. The minimum atomic E-state index is -0.825. The summed E-state index contributed by atoms with van der Waals surface area (Å²) in [6, 6.07) is 25.2. The average molecular weight is 640 g/mol. The van der Waals surface area contributed by atoms with E-state index in [-0.39, 0.29) is 36.1 Å². The van der Waals surface area contributed by atoms with Crippen molar-refractivity contribution in [3.63, 3.8) is 0 Å². The molecule has 0 aliphatic rings. The summed E-state index contributed by atoms with van der Waals surface area (Å²) in [6.45, 7) is 0.304. The van der Waals surface area contributed by atoms with E-state index in [9.17, 15) is 14.4 Å². The zero-order chi connectivity index (χ0) is 30.3. The van der Waals surface area contributed by atoms with E-state index in [1.54, 1.807) is 24.3 Å². The van der Waals surface area contributed by atoms with Crippen LogP contribution in [0.3, 0.4) is 0 Å². The van der Waals surface area contributed by atoms with E-state index in [1.807, 2.05) is 66.9 Å². The van der Waals surface area contributed by atoms with Crippen LogP contribution in [0.5, 0.6) is 0 Å². The second-order valence-corrected chi connectivity index (χ2v) is 11.1. The number of carbonyl (C=O) groups is 3. The van der Waals surface area contributed by atoms with Gasteiger partial charge in [0, 0.05) is 46.5 Å². The Morgan fingerprint density at radius 3 is 2.47 bits per heavy atom. The number of anilines is 1. The minimum Gasteiger partial charge on any atom is -0.370 e. The van der Waals surface area contributed by atoms with Gasteiger partial charge in [-0.1, -0.05) is 64.5 Å². The van der Waals surface area contributed by atoms with Crippen molar-refractivity contribution in [2.24, 2.45) is 16.5 Å². The normalized spacial score (nSPS) is 11.7. The molecule has 0 fully saturated rings. The number of nitrogens with zero attached hydrogens (tertiary/aromatic N) is 1. The molecular weight excluding hydrogens is 608 g/mol. The molecule has 0 spiro atoms. The third-order valence-corrected chi connectivity index (χ3v) is 7.65. The fourth-order valence-corrected chi connectivity index (χ4v) is 5.34. The molecule has 0 saturated carbocycles. The van der Waals surface area contributed by atoms with Gasteiger partial charge in [0.15, 0.2) is 11.7 Å². The number of guanidine groups is 1. The molecule has 10 heteroatoms. The van der Waals surface area contributed by atoms with Gasteiger partial charge in [-0.25, -0.2) is 0 Å². The van der Waals surface area contributed by atoms with Crippen molar-refractivity contribution >= 4 is 66.8 Å². The first kappa shape index (κ1) is 29.5. The summed E-state index contributed by atoms with van der Waals surface area (Å²) in [5.74, 6) is -1.03. The number of Topliss-reactive ketones (excluding diaryl/α,β-unsaturated/α-hetero) is 1. The van der Waals surface area contributed by atoms with Crippen molar-refractivity contribution in [2.45, 2.75) is 25.3 Å². The van der Waals surface area contributed by atoms with Crippen molar-refractivity contribution < 1.29 is 14.4 Å². The summed E-state index contributed by atoms with van der Waals surface area (Å²) in [6.07, 6.45) is 2.74. The van der Waals surface area contributed by atoms with Crippen LogP contribution in [0.25, 0.3) is 21.7 Å². The van der Waals surface area contributed by atoms with Gasteiger partial charge in [0.2, 0.25) is 0 Å². The number of halogens is 1. The lowest BCUT2D eigenvalue weighted by molar-refractivity contribution is -0.120. The van der Waals surface area contributed by atoms with Crippen LogP contribution in [-0.4, -0.2) is 41.1 Å². The number of nitrogens with one attached hydrogen (secondary N) is 3. The van der Waals surface area contributed by atoms with E-state index < -0.39 is 11.9 Å². The number of aromatic nitrogens is 1. The number of nitrogens with two attached hydrogens (primary N) is 2. The third kappa shape index (κ3) is 7.28. The first-order chi connectivity index (χ1) is 20.8. The Hall–Kier alpha value is -4.96. The number of aliphatic imine (C=N–C) groups is 1. The summed E-state index contributed by atoms with van der Waals surface area (Å²) >= 11 is 3.43. The first-order valence-electron chi connectivity index (χ1n) is 13.8. The molecule has 43 heavy (non-hydrogen) atoms. The number of carbonyl (C=O) groups excluding carboxylic acids is 3. The van der Waals surface area contributed by atoms with Crippen LogP contribution < -0.4 is 22.1 Å². The predicted octanol–water partition coefficient (Wildman–Crippen LogP) is 5.30. The number of hydrogen-bond donors (Lipinski definition) is 5. The monoisotopic (exact) mass is 638 g/mol. The van der Waals surface area contributed by atoms with E-state index in [1.165, 1.54) is 0 Å². The van der Waals surface area contributed by atoms with Crippen molar-refractivity contribution in [2.75, 3.05) is 11.9 Å². The zero-order valence-electron chi connectivity index (χ0n) is 23.3. The third-order valence-electron chi connectivity index (χ3n) is 7.15. The Morgan fingerprint density at radius 1 is 0.884 bits per heavy atom. The maximum absolute atomic E-state index is 13.7.